The van der Waals surface area contributed by atoms with Crippen LogP contribution in [0, 0.1) is 0 Å². The Morgan fingerprint density at radius 3 is 2.62 bits per heavy atom. The van der Waals surface area contributed by atoms with Crippen molar-refractivity contribution < 1.29 is 14.4 Å². The molecule has 118 valence electrons. The van der Waals surface area contributed by atoms with Gasteiger partial charge in [-0.1, -0.05) is 12.1 Å². The van der Waals surface area contributed by atoms with Gasteiger partial charge in [0.05, 0.1) is 22.2 Å². The smallest absolute Gasteiger partial charge is 0.270 e. The Labute approximate surface area is 136 Å². The minimum absolute atomic E-state index is 0.241. The minimum atomic E-state index is -0.405. The van der Waals surface area contributed by atoms with Gasteiger partial charge in [-0.3, -0.25) is 24.7 Å². The third kappa shape index (κ3) is 1.98. The summed E-state index contributed by atoms with van der Waals surface area (Å²) in [5, 5.41) is 0. The number of benzene rings is 2. The molecule has 0 atom stereocenters. The lowest BCUT2D eigenvalue weighted by Gasteiger charge is -2.07. The third-order valence-corrected chi connectivity index (χ3v) is 4.03. The SMILES string of the molecule is CN1C(=O)c2ccc(C(=O)Nn3cnc4ccccc43)cc2C1=O. The third-order valence-electron chi connectivity index (χ3n) is 4.03. The molecule has 0 saturated carbocycles. The fraction of sp³-hybridized carbons (Fsp3) is 0.0588. The van der Waals surface area contributed by atoms with Gasteiger partial charge in [0.15, 0.2) is 0 Å². The van der Waals surface area contributed by atoms with Crippen LogP contribution >= 0.6 is 0 Å². The monoisotopic (exact) mass is 320 g/mol. The second-order valence-corrected chi connectivity index (χ2v) is 5.47. The average Bonchev–Trinajstić information content (AvgIpc) is 3.10. The van der Waals surface area contributed by atoms with E-state index in [2.05, 4.69) is 10.4 Å². The van der Waals surface area contributed by atoms with Crippen molar-refractivity contribution in [1.82, 2.24) is 14.6 Å². The molecule has 0 fully saturated rings. The van der Waals surface area contributed by atoms with Crippen LogP contribution in [-0.4, -0.2) is 39.3 Å². The van der Waals surface area contributed by atoms with Crippen molar-refractivity contribution in [2.75, 3.05) is 12.5 Å². The Balaban J connectivity index is 1.67. The highest BCUT2D eigenvalue weighted by Crippen LogP contribution is 2.23. The molecule has 0 bridgehead atoms. The number of nitrogens with one attached hydrogen (secondary N) is 1. The maximum Gasteiger partial charge on any atom is 0.270 e. The zero-order chi connectivity index (χ0) is 16.8. The molecule has 3 aromatic rings. The van der Waals surface area contributed by atoms with Gasteiger partial charge in [-0.2, -0.15) is 0 Å². The van der Waals surface area contributed by atoms with Gasteiger partial charge in [0, 0.05) is 12.6 Å². The van der Waals surface area contributed by atoms with Crippen LogP contribution in [0.15, 0.2) is 48.8 Å². The van der Waals surface area contributed by atoms with Gasteiger partial charge in [0.25, 0.3) is 17.7 Å². The Hall–Kier alpha value is -3.48. The van der Waals surface area contributed by atoms with Gasteiger partial charge in [0.2, 0.25) is 0 Å². The molecule has 7 heteroatoms. The number of carbonyl (C=O) groups excluding carboxylic acids is 3. The summed E-state index contributed by atoms with van der Waals surface area (Å²) in [6.07, 6.45) is 1.51. The van der Waals surface area contributed by atoms with Crippen molar-refractivity contribution in [1.29, 1.82) is 0 Å². The molecule has 0 saturated heterocycles. The number of fused-ring (bicyclic) bond motifs is 2. The molecule has 2 heterocycles. The standard InChI is InChI=1S/C17H12N4O3/c1-20-16(23)11-7-6-10(8-12(11)17(20)24)15(22)19-21-9-18-13-4-2-3-5-14(13)21/h2-9H,1H3,(H,19,22). The fourth-order valence-electron chi connectivity index (χ4n) is 2.72. The molecule has 3 amide bonds. The van der Waals surface area contributed by atoms with E-state index >= 15 is 0 Å². The first kappa shape index (κ1) is 14.1. The largest absolute Gasteiger partial charge is 0.277 e. The fourth-order valence-corrected chi connectivity index (χ4v) is 2.72. The second-order valence-electron chi connectivity index (χ2n) is 5.47. The molecule has 1 aliphatic rings. The van der Waals surface area contributed by atoms with Crippen LogP contribution in [0.5, 0.6) is 0 Å². The lowest BCUT2D eigenvalue weighted by atomic mass is 10.1. The summed E-state index contributed by atoms with van der Waals surface area (Å²) in [5.74, 6) is -1.16. The molecule has 0 radical (unpaired) electrons. The van der Waals surface area contributed by atoms with E-state index in [9.17, 15) is 14.4 Å². The second kappa shape index (κ2) is 5.02. The molecule has 2 aromatic carbocycles. The summed E-state index contributed by atoms with van der Waals surface area (Å²) in [7, 11) is 1.42. The van der Waals surface area contributed by atoms with Crippen LogP contribution in [0.1, 0.15) is 31.1 Å². The first-order valence-electron chi connectivity index (χ1n) is 7.26. The van der Waals surface area contributed by atoms with Gasteiger partial charge in [-0.25, -0.2) is 9.66 Å². The van der Waals surface area contributed by atoms with Crippen LogP contribution in [0.4, 0.5) is 0 Å². The predicted molar refractivity (Wildman–Crippen MR) is 86.3 cm³/mol. The Morgan fingerprint density at radius 2 is 1.79 bits per heavy atom. The number of aromatic nitrogens is 2. The number of imidazole rings is 1. The number of hydrogen-bond donors (Lipinski definition) is 1. The number of imide groups is 1. The first-order chi connectivity index (χ1) is 11.6. The van der Waals surface area contributed by atoms with E-state index < -0.39 is 11.8 Å². The minimum Gasteiger partial charge on any atom is -0.277 e. The molecule has 0 spiro atoms. The van der Waals surface area contributed by atoms with E-state index in [1.807, 2.05) is 24.3 Å². The molecule has 0 unspecified atom stereocenters. The Morgan fingerprint density at radius 1 is 1.04 bits per heavy atom. The summed E-state index contributed by atoms with van der Waals surface area (Å²) in [4.78, 5) is 41.6. The molecule has 7 nitrogen and oxygen atoms in total. The predicted octanol–water partition coefficient (Wildman–Crippen LogP) is 1.65. The van der Waals surface area contributed by atoms with Gasteiger partial charge in [-0.15, -0.1) is 0 Å². The highest BCUT2D eigenvalue weighted by molar-refractivity contribution is 6.22. The number of carbonyl (C=O) groups is 3. The van der Waals surface area contributed by atoms with Gasteiger partial charge >= 0.3 is 0 Å². The maximum absolute atomic E-state index is 12.5. The van der Waals surface area contributed by atoms with Gasteiger partial charge in [-0.05, 0) is 30.3 Å². The van der Waals surface area contributed by atoms with Crippen molar-refractivity contribution in [3.05, 3.63) is 65.5 Å². The van der Waals surface area contributed by atoms with E-state index in [1.165, 1.54) is 36.3 Å². The zero-order valence-corrected chi connectivity index (χ0v) is 12.7. The highest BCUT2D eigenvalue weighted by atomic mass is 16.2. The highest BCUT2D eigenvalue weighted by Gasteiger charge is 2.33. The Bertz CT molecular complexity index is 1020. The van der Waals surface area contributed by atoms with E-state index in [1.54, 1.807) is 0 Å². The summed E-state index contributed by atoms with van der Waals surface area (Å²) in [5.41, 5.74) is 5.08. The summed E-state index contributed by atoms with van der Waals surface area (Å²) >= 11 is 0. The lowest BCUT2D eigenvalue weighted by Crippen LogP contribution is -2.24. The molecular formula is C17H12N4O3. The van der Waals surface area contributed by atoms with E-state index in [-0.39, 0.29) is 11.5 Å². The number of para-hydroxylation sites is 2. The zero-order valence-electron chi connectivity index (χ0n) is 12.7. The molecule has 24 heavy (non-hydrogen) atoms. The van der Waals surface area contributed by atoms with Gasteiger partial charge in [0.1, 0.15) is 6.33 Å². The number of rotatable bonds is 2. The van der Waals surface area contributed by atoms with E-state index in [4.69, 9.17) is 0 Å². The van der Waals surface area contributed by atoms with Crippen molar-refractivity contribution in [2.24, 2.45) is 0 Å². The molecule has 1 aliphatic heterocycles. The van der Waals surface area contributed by atoms with Crippen molar-refractivity contribution in [3.8, 4) is 0 Å². The molecule has 1 N–H and O–H groups in total. The molecule has 4 rings (SSSR count). The Kier molecular flexibility index (Phi) is 2.96. The molecule has 0 aliphatic carbocycles. The van der Waals surface area contributed by atoms with Crippen LogP contribution in [0.2, 0.25) is 0 Å². The van der Waals surface area contributed by atoms with Crippen LogP contribution in [-0.2, 0) is 0 Å². The quantitative estimate of drug-likeness (QED) is 0.728. The lowest BCUT2D eigenvalue weighted by molar-refractivity contribution is 0.0693. The van der Waals surface area contributed by atoms with Gasteiger partial charge < -0.3 is 0 Å². The normalized spacial score (nSPS) is 13.5. The van der Waals surface area contributed by atoms with Crippen LogP contribution in [0.3, 0.4) is 0 Å². The number of nitrogens with zero attached hydrogens (tertiary/aromatic N) is 3. The first-order valence-corrected chi connectivity index (χ1v) is 7.26. The summed E-state index contributed by atoms with van der Waals surface area (Å²) < 4.78 is 1.52. The number of amides is 3. The molecular weight excluding hydrogens is 308 g/mol. The van der Waals surface area contributed by atoms with Crippen molar-refractivity contribution in [3.63, 3.8) is 0 Å². The van der Waals surface area contributed by atoms with Crippen LogP contribution < -0.4 is 5.43 Å². The van der Waals surface area contributed by atoms with Crippen molar-refractivity contribution in [2.45, 2.75) is 0 Å². The number of hydrogen-bond acceptors (Lipinski definition) is 4. The summed E-state index contributed by atoms with van der Waals surface area (Å²) in [6.45, 7) is 0. The maximum atomic E-state index is 12.5. The molecule has 1 aromatic heterocycles. The van der Waals surface area contributed by atoms with E-state index in [0.29, 0.717) is 11.1 Å². The summed E-state index contributed by atoms with van der Waals surface area (Å²) in [6, 6.07) is 11.9. The topological polar surface area (TPSA) is 84.3 Å². The average molecular weight is 320 g/mol. The van der Waals surface area contributed by atoms with Crippen molar-refractivity contribution >= 4 is 28.8 Å². The van der Waals surface area contributed by atoms with Crippen LogP contribution in [0.25, 0.3) is 11.0 Å². The van der Waals surface area contributed by atoms with E-state index in [0.717, 1.165) is 15.9 Å².